The zero-order valence-electron chi connectivity index (χ0n) is 17.7. The van der Waals surface area contributed by atoms with Crippen LogP contribution in [0.5, 0.6) is 0 Å². The Kier molecular flexibility index (Phi) is 6.36. The average Bonchev–Trinajstić information content (AvgIpc) is 3.23. The van der Waals surface area contributed by atoms with E-state index in [2.05, 4.69) is 5.32 Å². The van der Waals surface area contributed by atoms with E-state index < -0.39 is 23.7 Å². The number of alkyl halides is 3. The molecule has 1 aromatic heterocycles. The van der Waals surface area contributed by atoms with Gasteiger partial charge in [-0.3, -0.25) is 14.5 Å². The van der Waals surface area contributed by atoms with Gasteiger partial charge in [0, 0.05) is 36.6 Å². The number of rotatable bonds is 4. The topological polar surface area (TPSA) is 65.8 Å². The van der Waals surface area contributed by atoms with E-state index in [1.807, 2.05) is 23.1 Å². The number of piperazine rings is 1. The summed E-state index contributed by atoms with van der Waals surface area (Å²) in [7, 11) is 0. The summed E-state index contributed by atoms with van der Waals surface area (Å²) in [5.41, 5.74) is -0.718. The smallest absolute Gasteiger partial charge is 0.418 e. The fraction of sp³-hybridized carbons (Fsp3) is 0.304. The summed E-state index contributed by atoms with van der Waals surface area (Å²) in [5, 5.41) is 3.13. The molecule has 1 N–H and O–H groups in total. The van der Waals surface area contributed by atoms with Crippen molar-refractivity contribution in [1.82, 2.24) is 9.80 Å². The lowest BCUT2D eigenvalue weighted by atomic mass is 10.1. The number of nitrogens with zero attached hydrogens (tertiary/aromatic N) is 2. The van der Waals surface area contributed by atoms with E-state index in [1.54, 1.807) is 24.0 Å². The van der Waals surface area contributed by atoms with Gasteiger partial charge in [0.05, 0.1) is 17.3 Å². The van der Waals surface area contributed by atoms with E-state index in [0.717, 1.165) is 17.5 Å². The molecule has 0 aliphatic carbocycles. The van der Waals surface area contributed by atoms with Gasteiger partial charge in [-0.1, -0.05) is 29.8 Å². The van der Waals surface area contributed by atoms with Gasteiger partial charge in [-0.25, -0.2) is 0 Å². The second kappa shape index (κ2) is 9.07. The molecule has 1 fully saturated rings. The number of carbonyl (C=O) groups is 2. The molecule has 0 radical (unpaired) electrons. The Labute approximate surface area is 192 Å². The van der Waals surface area contributed by atoms with Gasteiger partial charge >= 0.3 is 6.18 Å². The highest BCUT2D eigenvalue weighted by atomic mass is 35.5. The maximum absolute atomic E-state index is 13.3. The van der Waals surface area contributed by atoms with Gasteiger partial charge in [-0.15, -0.1) is 0 Å². The lowest BCUT2D eigenvalue weighted by Gasteiger charge is -2.37. The Balaban J connectivity index is 1.38. The van der Waals surface area contributed by atoms with Crippen molar-refractivity contribution in [3.05, 3.63) is 64.9 Å². The van der Waals surface area contributed by atoms with E-state index >= 15 is 0 Å². The van der Waals surface area contributed by atoms with Gasteiger partial charge < -0.3 is 14.6 Å². The number of anilines is 1. The zero-order chi connectivity index (χ0) is 23.8. The number of halogens is 4. The van der Waals surface area contributed by atoms with Crippen LogP contribution in [0.4, 0.5) is 18.9 Å². The maximum atomic E-state index is 13.3. The number of para-hydroxylation sites is 1. The zero-order valence-corrected chi connectivity index (χ0v) is 18.4. The minimum Gasteiger partial charge on any atom is -0.451 e. The molecule has 2 amide bonds. The Morgan fingerprint density at radius 3 is 2.42 bits per heavy atom. The van der Waals surface area contributed by atoms with Gasteiger partial charge in [-0.2, -0.15) is 13.2 Å². The van der Waals surface area contributed by atoms with Crippen LogP contribution < -0.4 is 5.32 Å². The maximum Gasteiger partial charge on any atom is 0.418 e. The van der Waals surface area contributed by atoms with Crippen molar-refractivity contribution < 1.29 is 27.2 Å². The van der Waals surface area contributed by atoms with Crippen molar-refractivity contribution in [2.75, 3.05) is 31.5 Å². The second-order valence-corrected chi connectivity index (χ2v) is 8.27. The van der Waals surface area contributed by atoms with E-state index in [0.29, 0.717) is 31.8 Å². The molecule has 33 heavy (non-hydrogen) atoms. The van der Waals surface area contributed by atoms with Crippen molar-refractivity contribution in [2.24, 2.45) is 0 Å². The standard InChI is InChI=1S/C23H21ClF3N3O3/c1-14(21(31)28-18-7-6-16(24)13-17(18)23(25,26)27)29-8-10-30(11-9-29)22(32)20-12-15-4-2-3-5-19(15)33-20/h2-7,12-14H,8-11H2,1H3,(H,28,31). The van der Waals surface area contributed by atoms with Crippen LogP contribution in [0.2, 0.25) is 5.02 Å². The number of furan rings is 1. The third-order valence-electron chi connectivity index (χ3n) is 5.71. The minimum absolute atomic E-state index is 0.0707. The van der Waals surface area contributed by atoms with Crippen LogP contribution >= 0.6 is 11.6 Å². The quantitative estimate of drug-likeness (QED) is 0.578. The fourth-order valence-corrected chi connectivity index (χ4v) is 3.99. The summed E-state index contributed by atoms with van der Waals surface area (Å²) in [4.78, 5) is 28.9. The lowest BCUT2D eigenvalue weighted by Crippen LogP contribution is -2.54. The lowest BCUT2D eigenvalue weighted by molar-refractivity contribution is -0.137. The first-order valence-corrected chi connectivity index (χ1v) is 10.7. The third-order valence-corrected chi connectivity index (χ3v) is 5.94. The molecule has 0 bridgehead atoms. The summed E-state index contributed by atoms with van der Waals surface area (Å²) in [6, 6.07) is 11.6. The molecule has 1 atom stereocenters. The molecule has 2 aromatic carbocycles. The van der Waals surface area contributed by atoms with Crippen molar-refractivity contribution in [3.63, 3.8) is 0 Å². The van der Waals surface area contributed by atoms with Crippen molar-refractivity contribution in [2.45, 2.75) is 19.1 Å². The predicted molar refractivity (Wildman–Crippen MR) is 118 cm³/mol. The predicted octanol–water partition coefficient (Wildman–Crippen LogP) is 4.89. The van der Waals surface area contributed by atoms with Crippen LogP contribution in [0.15, 0.2) is 52.9 Å². The first kappa shape index (κ1) is 23.1. The Morgan fingerprint density at radius 1 is 1.06 bits per heavy atom. The van der Waals surface area contributed by atoms with Crippen LogP contribution in [0.1, 0.15) is 23.0 Å². The first-order chi connectivity index (χ1) is 15.6. The highest BCUT2D eigenvalue weighted by Gasteiger charge is 2.35. The van der Waals surface area contributed by atoms with Crippen molar-refractivity contribution in [1.29, 1.82) is 0 Å². The molecule has 0 saturated carbocycles. The molecule has 2 heterocycles. The van der Waals surface area contributed by atoms with E-state index in [-0.39, 0.29) is 22.4 Å². The van der Waals surface area contributed by atoms with Gasteiger partial charge in [0.1, 0.15) is 5.58 Å². The van der Waals surface area contributed by atoms with E-state index in [9.17, 15) is 22.8 Å². The van der Waals surface area contributed by atoms with Crippen molar-refractivity contribution in [3.8, 4) is 0 Å². The second-order valence-electron chi connectivity index (χ2n) is 7.83. The number of carbonyl (C=O) groups excluding carboxylic acids is 2. The third kappa shape index (κ3) is 4.99. The van der Waals surface area contributed by atoms with Crippen LogP contribution in [0, 0.1) is 0 Å². The fourth-order valence-electron chi connectivity index (χ4n) is 3.82. The molecule has 1 aliphatic heterocycles. The average molecular weight is 480 g/mol. The molecular formula is C23H21ClF3N3O3. The van der Waals surface area contributed by atoms with E-state index in [4.69, 9.17) is 16.0 Å². The van der Waals surface area contributed by atoms with Gasteiger partial charge in [0.25, 0.3) is 5.91 Å². The summed E-state index contributed by atoms with van der Waals surface area (Å²) in [6.45, 7) is 3.14. The molecule has 1 saturated heterocycles. The summed E-state index contributed by atoms with van der Waals surface area (Å²) >= 11 is 5.69. The number of amides is 2. The SMILES string of the molecule is CC(C(=O)Nc1ccc(Cl)cc1C(F)(F)F)N1CCN(C(=O)c2cc3ccccc3o2)CC1. The summed E-state index contributed by atoms with van der Waals surface area (Å²) in [6.07, 6.45) is -4.65. The largest absolute Gasteiger partial charge is 0.451 e. The molecule has 1 aliphatic rings. The molecule has 174 valence electrons. The van der Waals surface area contributed by atoms with Crippen LogP contribution in [0.3, 0.4) is 0 Å². The number of fused-ring (bicyclic) bond motifs is 1. The monoisotopic (exact) mass is 479 g/mol. The van der Waals surface area contributed by atoms with Gasteiger partial charge in [-0.05, 0) is 37.3 Å². The molecule has 10 heteroatoms. The van der Waals surface area contributed by atoms with Crippen LogP contribution in [-0.4, -0.2) is 53.8 Å². The number of nitrogens with one attached hydrogen (secondary N) is 1. The molecule has 3 aromatic rings. The Morgan fingerprint density at radius 2 is 1.76 bits per heavy atom. The summed E-state index contributed by atoms with van der Waals surface area (Å²) < 4.78 is 45.5. The highest BCUT2D eigenvalue weighted by molar-refractivity contribution is 6.30. The molecular weight excluding hydrogens is 459 g/mol. The molecule has 4 rings (SSSR count). The molecule has 6 nitrogen and oxygen atoms in total. The van der Waals surface area contributed by atoms with Gasteiger partial charge in [0.2, 0.25) is 5.91 Å². The highest BCUT2D eigenvalue weighted by Crippen LogP contribution is 2.36. The summed E-state index contributed by atoms with van der Waals surface area (Å²) in [5.74, 6) is -0.559. The molecule has 0 spiro atoms. The number of hydrogen-bond acceptors (Lipinski definition) is 4. The normalized spacial score (nSPS) is 16.1. The Bertz CT molecular complexity index is 1150. The molecule has 1 unspecified atom stereocenters. The van der Waals surface area contributed by atoms with Gasteiger partial charge in [0.15, 0.2) is 5.76 Å². The van der Waals surface area contributed by atoms with Crippen LogP contribution in [-0.2, 0) is 11.0 Å². The number of hydrogen-bond donors (Lipinski definition) is 1. The number of benzene rings is 2. The minimum atomic E-state index is -4.65. The van der Waals surface area contributed by atoms with Crippen LogP contribution in [0.25, 0.3) is 11.0 Å². The first-order valence-electron chi connectivity index (χ1n) is 10.3. The Hall–Kier alpha value is -3.04. The van der Waals surface area contributed by atoms with E-state index in [1.165, 1.54) is 6.07 Å². The van der Waals surface area contributed by atoms with Crippen molar-refractivity contribution >= 4 is 40.1 Å².